The van der Waals surface area contributed by atoms with Crippen LogP contribution in [0.2, 0.25) is 0 Å². The van der Waals surface area contributed by atoms with Gasteiger partial charge in [0.1, 0.15) is 22.2 Å². The molecule has 1 saturated heterocycles. The first kappa shape index (κ1) is 20.4. The lowest BCUT2D eigenvalue weighted by Gasteiger charge is -2.33. The minimum absolute atomic E-state index is 0.0472. The largest absolute Gasteiger partial charge is 0.355 e. The number of hydrogen-bond acceptors (Lipinski definition) is 9. The first-order chi connectivity index (χ1) is 14.5. The van der Waals surface area contributed by atoms with Crippen molar-refractivity contribution in [3.05, 3.63) is 33.9 Å². The Morgan fingerprint density at radius 2 is 2.20 bits per heavy atom. The average Bonchev–Trinajstić information content (AvgIpc) is 3.41. The van der Waals surface area contributed by atoms with E-state index in [9.17, 15) is 4.79 Å². The van der Waals surface area contributed by atoms with E-state index < -0.39 is 0 Å². The van der Waals surface area contributed by atoms with Crippen LogP contribution in [-0.4, -0.2) is 44.1 Å². The van der Waals surface area contributed by atoms with Crippen molar-refractivity contribution in [2.75, 3.05) is 18.0 Å². The topological polar surface area (TPSA) is 110 Å². The Kier molecular flexibility index (Phi) is 6.03. The van der Waals surface area contributed by atoms with Crippen molar-refractivity contribution in [1.29, 1.82) is 0 Å². The van der Waals surface area contributed by atoms with Gasteiger partial charge in [-0.05, 0) is 26.7 Å². The highest BCUT2D eigenvalue weighted by molar-refractivity contribution is 7.09. The van der Waals surface area contributed by atoms with E-state index in [1.165, 1.54) is 0 Å². The molecule has 1 aliphatic rings. The third-order valence-electron chi connectivity index (χ3n) is 5.08. The van der Waals surface area contributed by atoms with E-state index in [2.05, 4.69) is 35.3 Å². The molecule has 1 fully saturated rings. The highest BCUT2D eigenvalue weighted by Crippen LogP contribution is 2.31. The second kappa shape index (κ2) is 8.86. The summed E-state index contributed by atoms with van der Waals surface area (Å²) in [5.74, 6) is 2.39. The smallest absolute Gasteiger partial charge is 0.263 e. The molecule has 0 aromatic carbocycles. The minimum atomic E-state index is -0.114. The lowest BCUT2D eigenvalue weighted by atomic mass is 9.97. The van der Waals surface area contributed by atoms with Gasteiger partial charge in [0, 0.05) is 36.8 Å². The number of carbonyl (C=O) groups is 1. The Bertz CT molecular complexity index is 1030. The summed E-state index contributed by atoms with van der Waals surface area (Å²) in [4.78, 5) is 32.7. The Labute approximate surface area is 179 Å². The Hall–Kier alpha value is -2.88. The molecule has 1 amide bonds. The molecule has 4 rings (SSSR count). The highest BCUT2D eigenvalue weighted by atomic mass is 32.1. The van der Waals surface area contributed by atoms with Crippen molar-refractivity contribution in [1.82, 2.24) is 30.4 Å². The van der Waals surface area contributed by atoms with Crippen LogP contribution in [0.4, 0.5) is 5.82 Å². The van der Waals surface area contributed by atoms with Gasteiger partial charge in [-0.2, -0.15) is 4.98 Å². The van der Waals surface area contributed by atoms with E-state index in [-0.39, 0.29) is 11.8 Å². The number of aromatic nitrogens is 5. The van der Waals surface area contributed by atoms with Crippen molar-refractivity contribution >= 4 is 23.1 Å². The maximum Gasteiger partial charge on any atom is 0.263 e. The second-order valence-corrected chi connectivity index (χ2v) is 8.35. The van der Waals surface area contributed by atoms with Crippen LogP contribution in [0.25, 0.3) is 11.5 Å². The predicted octanol–water partition coefficient (Wildman–Crippen LogP) is 2.70. The molecule has 0 spiro atoms. The summed E-state index contributed by atoms with van der Waals surface area (Å²) in [6.45, 7) is 7.64. The summed E-state index contributed by atoms with van der Waals surface area (Å²) in [6.07, 6.45) is 4.16. The van der Waals surface area contributed by atoms with Crippen LogP contribution in [0.5, 0.6) is 0 Å². The fourth-order valence-electron chi connectivity index (χ4n) is 3.53. The molecule has 10 heteroatoms. The molecule has 3 aromatic rings. The summed E-state index contributed by atoms with van der Waals surface area (Å²) in [5, 5.41) is 9.93. The van der Waals surface area contributed by atoms with Gasteiger partial charge < -0.3 is 14.7 Å². The van der Waals surface area contributed by atoms with Crippen molar-refractivity contribution in [3.8, 4) is 11.5 Å². The molecule has 30 heavy (non-hydrogen) atoms. The Morgan fingerprint density at radius 3 is 2.93 bits per heavy atom. The Morgan fingerprint density at radius 1 is 1.33 bits per heavy atom. The van der Waals surface area contributed by atoms with E-state index in [0.29, 0.717) is 42.6 Å². The number of rotatable bonds is 6. The van der Waals surface area contributed by atoms with Gasteiger partial charge in [0.05, 0.1) is 12.5 Å². The number of anilines is 1. The minimum Gasteiger partial charge on any atom is -0.355 e. The fourth-order valence-corrected chi connectivity index (χ4v) is 4.24. The third-order valence-corrected chi connectivity index (χ3v) is 6.04. The zero-order valence-corrected chi connectivity index (χ0v) is 18.2. The van der Waals surface area contributed by atoms with Gasteiger partial charge in [-0.1, -0.05) is 12.1 Å². The van der Waals surface area contributed by atoms with E-state index in [1.54, 1.807) is 17.5 Å². The monoisotopic (exact) mass is 427 g/mol. The second-order valence-electron chi connectivity index (χ2n) is 7.41. The SMILES string of the molecule is CCc1noc(-c2cnc(C)nc2N2CCCC(C(=O)NCc3nc(C)cs3)C2)n1. The van der Waals surface area contributed by atoms with Gasteiger partial charge in [-0.25, -0.2) is 15.0 Å². The third kappa shape index (κ3) is 4.48. The van der Waals surface area contributed by atoms with Crippen molar-refractivity contribution in [2.45, 2.75) is 46.6 Å². The predicted molar refractivity (Wildman–Crippen MR) is 113 cm³/mol. The van der Waals surface area contributed by atoms with E-state index in [0.717, 1.165) is 35.9 Å². The van der Waals surface area contributed by atoms with Crippen LogP contribution in [-0.2, 0) is 17.8 Å². The molecule has 9 nitrogen and oxygen atoms in total. The van der Waals surface area contributed by atoms with Crippen LogP contribution in [0, 0.1) is 19.8 Å². The zero-order chi connectivity index (χ0) is 21.1. The van der Waals surface area contributed by atoms with Crippen LogP contribution in [0.1, 0.15) is 42.1 Å². The number of amides is 1. The fraction of sp³-hybridized carbons (Fsp3) is 0.500. The van der Waals surface area contributed by atoms with Gasteiger partial charge in [0.15, 0.2) is 5.82 Å². The number of nitrogens with zero attached hydrogens (tertiary/aromatic N) is 6. The number of hydrogen-bond donors (Lipinski definition) is 1. The molecule has 1 N–H and O–H groups in total. The molecule has 1 unspecified atom stereocenters. The van der Waals surface area contributed by atoms with Gasteiger partial charge >= 0.3 is 0 Å². The standard InChI is InChI=1S/C20H25N7O2S/c1-4-16-25-20(29-26-16)15-8-21-13(3)24-18(15)27-7-5-6-14(10-27)19(28)22-9-17-23-12(2)11-30-17/h8,11,14H,4-7,9-10H2,1-3H3,(H,22,28). The van der Waals surface area contributed by atoms with Gasteiger partial charge in [0.25, 0.3) is 5.89 Å². The number of piperidine rings is 1. The maximum absolute atomic E-state index is 12.8. The summed E-state index contributed by atoms with van der Waals surface area (Å²) >= 11 is 1.56. The van der Waals surface area contributed by atoms with Crippen molar-refractivity contribution < 1.29 is 9.32 Å². The lowest BCUT2D eigenvalue weighted by Crippen LogP contribution is -2.43. The number of thiazole rings is 1. The number of aryl methyl sites for hydroxylation is 3. The summed E-state index contributed by atoms with van der Waals surface area (Å²) < 4.78 is 5.42. The molecule has 1 atom stereocenters. The molecule has 0 bridgehead atoms. The summed E-state index contributed by atoms with van der Waals surface area (Å²) in [6, 6.07) is 0. The number of carbonyl (C=O) groups excluding carboxylic acids is 1. The molecular weight excluding hydrogens is 402 g/mol. The molecule has 1 aliphatic heterocycles. The summed E-state index contributed by atoms with van der Waals surface area (Å²) in [5.41, 5.74) is 1.68. The molecule has 0 radical (unpaired) electrons. The van der Waals surface area contributed by atoms with Crippen LogP contribution in [0.15, 0.2) is 16.1 Å². The molecule has 0 saturated carbocycles. The van der Waals surface area contributed by atoms with E-state index >= 15 is 0 Å². The average molecular weight is 428 g/mol. The van der Waals surface area contributed by atoms with E-state index in [1.807, 2.05) is 26.2 Å². The maximum atomic E-state index is 12.8. The van der Waals surface area contributed by atoms with Crippen LogP contribution < -0.4 is 10.2 Å². The molecule has 158 valence electrons. The normalized spacial score (nSPS) is 16.6. The van der Waals surface area contributed by atoms with Crippen molar-refractivity contribution in [3.63, 3.8) is 0 Å². The first-order valence-corrected chi connectivity index (χ1v) is 11.0. The highest BCUT2D eigenvalue weighted by Gasteiger charge is 2.29. The molecule has 0 aliphatic carbocycles. The quantitative estimate of drug-likeness (QED) is 0.639. The van der Waals surface area contributed by atoms with Gasteiger partial charge in [-0.3, -0.25) is 4.79 Å². The Balaban J connectivity index is 1.50. The summed E-state index contributed by atoms with van der Waals surface area (Å²) in [7, 11) is 0. The molecule has 3 aromatic heterocycles. The van der Waals surface area contributed by atoms with Crippen LogP contribution in [0.3, 0.4) is 0 Å². The van der Waals surface area contributed by atoms with Gasteiger partial charge in [0.2, 0.25) is 5.91 Å². The molecule has 4 heterocycles. The lowest BCUT2D eigenvalue weighted by molar-refractivity contribution is -0.125. The van der Waals surface area contributed by atoms with Crippen molar-refractivity contribution in [2.24, 2.45) is 5.92 Å². The first-order valence-electron chi connectivity index (χ1n) is 10.1. The van der Waals surface area contributed by atoms with Gasteiger partial charge in [-0.15, -0.1) is 11.3 Å². The van der Waals surface area contributed by atoms with Crippen LogP contribution >= 0.6 is 11.3 Å². The number of nitrogens with one attached hydrogen (secondary N) is 1. The zero-order valence-electron chi connectivity index (χ0n) is 17.4. The molecular formula is C20H25N7O2S. The van der Waals surface area contributed by atoms with E-state index in [4.69, 9.17) is 4.52 Å².